The number of rotatable bonds is 4. The molecule has 6 nitrogen and oxygen atoms in total. The molecule has 0 unspecified atom stereocenters. The lowest BCUT2D eigenvalue weighted by Crippen LogP contribution is -2.23. The average Bonchev–Trinajstić information content (AvgIpc) is 3.14. The van der Waals surface area contributed by atoms with Crippen LogP contribution in [-0.4, -0.2) is 34.7 Å². The van der Waals surface area contributed by atoms with Gasteiger partial charge in [-0.3, -0.25) is 15.5 Å². The van der Waals surface area contributed by atoms with E-state index in [1.165, 1.54) is 0 Å². The minimum Gasteiger partial charge on any atom is -0.497 e. The van der Waals surface area contributed by atoms with E-state index in [1.54, 1.807) is 37.4 Å². The molecule has 0 atom stereocenters. The number of hydrogen-bond acceptors (Lipinski definition) is 4. The summed E-state index contributed by atoms with van der Waals surface area (Å²) in [5.41, 5.74) is 4.75. The van der Waals surface area contributed by atoms with Crippen molar-refractivity contribution in [3.05, 3.63) is 65.4 Å². The van der Waals surface area contributed by atoms with Gasteiger partial charge in [-0.25, -0.2) is 0 Å². The second-order valence-corrected chi connectivity index (χ2v) is 6.05. The van der Waals surface area contributed by atoms with Crippen LogP contribution < -0.4 is 15.5 Å². The standard InChI is InChI=1S/C20H17N3O3S/c1-26-16-8-9-17-15(11-16)12-18(22-17)19(24)21-10-2-3-13-4-6-14(7-5-13)20(27)23-25/h4-9,11-12,22,25H,10H2,1H3,(H,21,24)(H,23,27). The molecule has 1 heterocycles. The van der Waals surface area contributed by atoms with Gasteiger partial charge in [0, 0.05) is 22.0 Å². The fourth-order valence-corrected chi connectivity index (χ4v) is 2.63. The van der Waals surface area contributed by atoms with Gasteiger partial charge in [0.1, 0.15) is 16.4 Å². The molecule has 0 saturated carbocycles. The Labute approximate surface area is 161 Å². The van der Waals surface area contributed by atoms with Crippen molar-refractivity contribution in [2.75, 3.05) is 13.7 Å². The highest BCUT2D eigenvalue weighted by Gasteiger charge is 2.09. The Balaban J connectivity index is 1.60. The zero-order chi connectivity index (χ0) is 19.2. The maximum Gasteiger partial charge on any atom is 0.268 e. The summed E-state index contributed by atoms with van der Waals surface area (Å²) in [6.07, 6.45) is 0. The molecule has 0 fully saturated rings. The fourth-order valence-electron chi connectivity index (χ4n) is 2.50. The third kappa shape index (κ3) is 4.44. The van der Waals surface area contributed by atoms with Crippen LogP contribution in [-0.2, 0) is 0 Å². The molecule has 2 aromatic carbocycles. The number of fused-ring (bicyclic) bond motifs is 1. The van der Waals surface area contributed by atoms with Crippen LogP contribution >= 0.6 is 12.2 Å². The Hall–Kier alpha value is -3.34. The topological polar surface area (TPSA) is 86.4 Å². The number of benzene rings is 2. The molecule has 4 N–H and O–H groups in total. The minimum atomic E-state index is -0.228. The lowest BCUT2D eigenvalue weighted by atomic mass is 10.1. The summed E-state index contributed by atoms with van der Waals surface area (Å²) >= 11 is 4.93. The molecule has 3 aromatic rings. The van der Waals surface area contributed by atoms with Gasteiger partial charge in [-0.15, -0.1) is 0 Å². The first-order valence-electron chi connectivity index (χ1n) is 8.09. The Kier molecular flexibility index (Phi) is 5.71. The van der Waals surface area contributed by atoms with Crippen LogP contribution in [0.25, 0.3) is 10.9 Å². The Morgan fingerprint density at radius 1 is 1.22 bits per heavy atom. The monoisotopic (exact) mass is 379 g/mol. The van der Waals surface area contributed by atoms with Crippen LogP contribution in [0.2, 0.25) is 0 Å². The van der Waals surface area contributed by atoms with Gasteiger partial charge in [0.25, 0.3) is 5.91 Å². The molecule has 3 rings (SSSR count). The normalized spacial score (nSPS) is 10.0. The van der Waals surface area contributed by atoms with Crippen LogP contribution in [0.4, 0.5) is 0 Å². The highest BCUT2D eigenvalue weighted by molar-refractivity contribution is 7.80. The van der Waals surface area contributed by atoms with E-state index in [1.807, 2.05) is 23.7 Å². The highest BCUT2D eigenvalue weighted by Crippen LogP contribution is 2.21. The molecule has 0 saturated heterocycles. The van der Waals surface area contributed by atoms with Crippen LogP contribution in [0.1, 0.15) is 21.6 Å². The number of hydrogen-bond donors (Lipinski definition) is 4. The van der Waals surface area contributed by atoms with Crippen molar-refractivity contribution >= 4 is 34.0 Å². The molecule has 0 aliphatic heterocycles. The SMILES string of the molecule is COc1ccc2[nH]c(C(=O)NCC#Cc3ccc(C(=S)NO)cc3)cc2c1. The van der Waals surface area contributed by atoms with Crippen molar-refractivity contribution in [2.45, 2.75) is 0 Å². The summed E-state index contributed by atoms with van der Waals surface area (Å²) in [4.78, 5) is 15.6. The molecule has 136 valence electrons. The van der Waals surface area contributed by atoms with Crippen molar-refractivity contribution in [1.29, 1.82) is 0 Å². The first-order valence-corrected chi connectivity index (χ1v) is 8.50. The number of aromatic amines is 1. The maximum absolute atomic E-state index is 12.2. The first-order chi connectivity index (χ1) is 13.1. The van der Waals surface area contributed by atoms with Gasteiger partial charge >= 0.3 is 0 Å². The van der Waals surface area contributed by atoms with Gasteiger partial charge in [0.05, 0.1) is 13.7 Å². The first kappa shape index (κ1) is 18.5. The lowest BCUT2D eigenvalue weighted by molar-refractivity contribution is 0.0954. The number of carbonyl (C=O) groups is 1. The molecule has 27 heavy (non-hydrogen) atoms. The number of carbonyl (C=O) groups excluding carboxylic acids is 1. The van der Waals surface area contributed by atoms with Crippen molar-refractivity contribution in [3.8, 4) is 17.6 Å². The largest absolute Gasteiger partial charge is 0.497 e. The van der Waals surface area contributed by atoms with Crippen molar-refractivity contribution in [3.63, 3.8) is 0 Å². The van der Waals surface area contributed by atoms with E-state index in [0.717, 1.165) is 22.2 Å². The van der Waals surface area contributed by atoms with Gasteiger partial charge in [-0.1, -0.05) is 36.2 Å². The fraction of sp³-hybridized carbons (Fsp3) is 0.100. The Bertz CT molecular complexity index is 1050. The van der Waals surface area contributed by atoms with E-state index >= 15 is 0 Å². The summed E-state index contributed by atoms with van der Waals surface area (Å²) in [6, 6.07) is 14.4. The van der Waals surface area contributed by atoms with E-state index in [0.29, 0.717) is 11.3 Å². The highest BCUT2D eigenvalue weighted by atomic mass is 32.1. The predicted octanol–water partition coefficient (Wildman–Crippen LogP) is 2.61. The number of hydroxylamine groups is 1. The van der Waals surface area contributed by atoms with Gasteiger partial charge in [0.2, 0.25) is 0 Å². The van der Waals surface area contributed by atoms with E-state index in [9.17, 15) is 4.79 Å². The van der Waals surface area contributed by atoms with Crippen LogP contribution in [0.5, 0.6) is 5.75 Å². The molecular weight excluding hydrogens is 362 g/mol. The molecule has 0 aliphatic carbocycles. The number of H-pyrrole nitrogens is 1. The lowest BCUT2D eigenvalue weighted by Gasteiger charge is -2.01. The summed E-state index contributed by atoms with van der Waals surface area (Å²) in [5.74, 6) is 6.37. The number of thiocarbonyl (C=S) groups is 1. The second-order valence-electron chi connectivity index (χ2n) is 5.64. The van der Waals surface area contributed by atoms with Crippen molar-refractivity contribution in [2.24, 2.45) is 0 Å². The van der Waals surface area contributed by atoms with Crippen LogP contribution in [0.3, 0.4) is 0 Å². The van der Waals surface area contributed by atoms with Crippen LogP contribution in [0.15, 0.2) is 48.5 Å². The number of methoxy groups -OCH3 is 1. The van der Waals surface area contributed by atoms with Crippen LogP contribution in [0, 0.1) is 11.8 Å². The average molecular weight is 379 g/mol. The predicted molar refractivity (Wildman–Crippen MR) is 107 cm³/mol. The smallest absolute Gasteiger partial charge is 0.268 e. The second kappa shape index (κ2) is 8.36. The quantitative estimate of drug-likeness (QED) is 0.318. The number of ether oxygens (including phenoxy) is 1. The zero-order valence-electron chi connectivity index (χ0n) is 14.5. The van der Waals surface area contributed by atoms with Gasteiger partial charge in [0.15, 0.2) is 0 Å². The molecule has 0 aliphatic rings. The zero-order valence-corrected chi connectivity index (χ0v) is 15.3. The molecule has 1 amide bonds. The van der Waals surface area contributed by atoms with E-state index in [-0.39, 0.29) is 17.4 Å². The van der Waals surface area contributed by atoms with Gasteiger partial charge in [-0.05, 0) is 36.4 Å². The Morgan fingerprint density at radius 3 is 2.70 bits per heavy atom. The summed E-state index contributed by atoms with van der Waals surface area (Å²) in [5, 5.41) is 12.4. The van der Waals surface area contributed by atoms with Gasteiger partial charge < -0.3 is 15.0 Å². The summed E-state index contributed by atoms with van der Waals surface area (Å²) in [6.45, 7) is 0.218. The molecule has 0 bridgehead atoms. The third-order valence-corrected chi connectivity index (χ3v) is 4.22. The van der Waals surface area contributed by atoms with Gasteiger partial charge in [-0.2, -0.15) is 0 Å². The van der Waals surface area contributed by atoms with E-state index in [2.05, 4.69) is 22.1 Å². The molecule has 0 spiro atoms. The van der Waals surface area contributed by atoms with Crippen molar-refractivity contribution < 1.29 is 14.7 Å². The molecular formula is C20H17N3O3S. The summed E-state index contributed by atoms with van der Waals surface area (Å²) in [7, 11) is 1.60. The number of nitrogens with one attached hydrogen (secondary N) is 3. The van der Waals surface area contributed by atoms with E-state index < -0.39 is 0 Å². The minimum absolute atomic E-state index is 0.218. The maximum atomic E-state index is 12.2. The van der Waals surface area contributed by atoms with Crippen molar-refractivity contribution in [1.82, 2.24) is 15.8 Å². The molecule has 0 radical (unpaired) electrons. The van der Waals surface area contributed by atoms with E-state index in [4.69, 9.17) is 22.2 Å². The summed E-state index contributed by atoms with van der Waals surface area (Å²) < 4.78 is 5.18. The number of aromatic nitrogens is 1. The Morgan fingerprint density at radius 2 is 2.00 bits per heavy atom. The molecule has 1 aromatic heterocycles. The third-order valence-electron chi connectivity index (χ3n) is 3.89. The number of amides is 1. The molecule has 7 heteroatoms.